The maximum atomic E-state index is 10.3. The van der Waals surface area contributed by atoms with E-state index >= 15 is 0 Å². The Morgan fingerprint density at radius 3 is 2.21 bits per heavy atom. The van der Waals surface area contributed by atoms with Crippen molar-refractivity contribution in [3.63, 3.8) is 0 Å². The molecule has 0 aliphatic rings. The lowest BCUT2D eigenvalue weighted by Crippen LogP contribution is -2.00. The van der Waals surface area contributed by atoms with Crippen molar-refractivity contribution < 1.29 is 9.84 Å². The summed E-state index contributed by atoms with van der Waals surface area (Å²) in [7, 11) is 1.65. The number of benzene rings is 2. The van der Waals surface area contributed by atoms with E-state index in [2.05, 4.69) is 0 Å². The molecule has 0 radical (unpaired) electrons. The fraction of sp³-hybridized carbons (Fsp3) is 0.200. The third-order valence-electron chi connectivity index (χ3n) is 2.87. The Morgan fingerprint density at radius 2 is 1.63 bits per heavy atom. The number of halogens is 2. The van der Waals surface area contributed by atoms with Crippen LogP contribution in [0, 0.1) is 0 Å². The van der Waals surface area contributed by atoms with Gasteiger partial charge in [0, 0.05) is 7.11 Å². The Balaban J connectivity index is 2.22. The molecule has 0 aromatic heterocycles. The number of aliphatic hydroxyl groups excluding tert-OH is 1. The average Bonchev–Trinajstić information content (AvgIpc) is 2.42. The Labute approximate surface area is 122 Å². The van der Waals surface area contributed by atoms with Crippen molar-refractivity contribution in [3.05, 3.63) is 69.2 Å². The molecule has 1 unspecified atom stereocenters. The normalized spacial score (nSPS) is 12.4. The highest BCUT2D eigenvalue weighted by molar-refractivity contribution is 6.42. The van der Waals surface area contributed by atoms with E-state index in [0.29, 0.717) is 22.2 Å². The van der Waals surface area contributed by atoms with Crippen molar-refractivity contribution >= 4 is 23.2 Å². The van der Waals surface area contributed by atoms with Crippen molar-refractivity contribution in [2.45, 2.75) is 12.7 Å². The summed E-state index contributed by atoms with van der Waals surface area (Å²) < 4.78 is 5.05. The van der Waals surface area contributed by atoms with Crippen molar-refractivity contribution in [2.24, 2.45) is 0 Å². The van der Waals surface area contributed by atoms with Crippen LogP contribution in [-0.4, -0.2) is 12.2 Å². The third kappa shape index (κ3) is 3.48. The number of rotatable bonds is 4. The van der Waals surface area contributed by atoms with Crippen LogP contribution in [0.5, 0.6) is 0 Å². The number of hydrogen-bond acceptors (Lipinski definition) is 2. The minimum Gasteiger partial charge on any atom is -0.384 e. The quantitative estimate of drug-likeness (QED) is 0.915. The molecule has 0 saturated carbocycles. The lowest BCUT2D eigenvalue weighted by molar-refractivity contribution is 0.184. The predicted octanol–water partition coefficient (Wildman–Crippen LogP) is 4.22. The largest absolute Gasteiger partial charge is 0.384 e. The topological polar surface area (TPSA) is 29.5 Å². The smallest absolute Gasteiger partial charge is 0.104 e. The first-order valence-electron chi connectivity index (χ1n) is 5.82. The van der Waals surface area contributed by atoms with Crippen LogP contribution >= 0.6 is 23.2 Å². The van der Waals surface area contributed by atoms with Gasteiger partial charge in [-0.05, 0) is 28.8 Å². The molecule has 0 bridgehead atoms. The number of methoxy groups -OCH3 is 1. The van der Waals surface area contributed by atoms with Crippen LogP contribution in [0.1, 0.15) is 22.8 Å². The van der Waals surface area contributed by atoms with Gasteiger partial charge in [0.1, 0.15) is 6.10 Å². The van der Waals surface area contributed by atoms with Crippen LogP contribution in [0.4, 0.5) is 0 Å². The molecule has 0 saturated heterocycles. The molecule has 0 fully saturated rings. The molecule has 2 aromatic rings. The van der Waals surface area contributed by atoms with Gasteiger partial charge >= 0.3 is 0 Å². The second-order valence-corrected chi connectivity index (χ2v) is 5.07. The molecule has 4 heteroatoms. The SMILES string of the molecule is COCc1ccc(C(O)c2ccc(Cl)c(Cl)c2)cc1. The molecule has 0 amide bonds. The zero-order valence-electron chi connectivity index (χ0n) is 10.4. The predicted molar refractivity (Wildman–Crippen MR) is 77.7 cm³/mol. The lowest BCUT2D eigenvalue weighted by atomic mass is 10.0. The molecular weight excluding hydrogens is 283 g/mol. The first-order valence-corrected chi connectivity index (χ1v) is 6.58. The molecule has 0 spiro atoms. The maximum Gasteiger partial charge on any atom is 0.104 e. The van der Waals surface area contributed by atoms with Gasteiger partial charge in [0.15, 0.2) is 0 Å². The van der Waals surface area contributed by atoms with E-state index in [1.165, 1.54) is 0 Å². The van der Waals surface area contributed by atoms with E-state index in [1.807, 2.05) is 24.3 Å². The highest BCUT2D eigenvalue weighted by atomic mass is 35.5. The Hall–Kier alpha value is -1.06. The number of hydrogen-bond donors (Lipinski definition) is 1. The first-order chi connectivity index (χ1) is 9.11. The molecule has 2 nitrogen and oxygen atoms in total. The summed E-state index contributed by atoms with van der Waals surface area (Å²) in [5, 5.41) is 11.2. The van der Waals surface area contributed by atoms with Crippen molar-refractivity contribution in [2.75, 3.05) is 7.11 Å². The first kappa shape index (κ1) is 14.4. The molecule has 0 heterocycles. The number of aliphatic hydroxyl groups is 1. The van der Waals surface area contributed by atoms with E-state index < -0.39 is 6.10 Å². The summed E-state index contributed by atoms with van der Waals surface area (Å²) in [4.78, 5) is 0. The summed E-state index contributed by atoms with van der Waals surface area (Å²) in [6.07, 6.45) is -0.716. The maximum absolute atomic E-state index is 10.3. The Kier molecular flexibility index (Phi) is 4.83. The van der Waals surface area contributed by atoms with E-state index in [9.17, 15) is 5.11 Å². The van der Waals surface area contributed by atoms with Gasteiger partial charge in [-0.25, -0.2) is 0 Å². The molecule has 19 heavy (non-hydrogen) atoms. The van der Waals surface area contributed by atoms with Gasteiger partial charge in [0.2, 0.25) is 0 Å². The van der Waals surface area contributed by atoms with Crippen LogP contribution in [0.15, 0.2) is 42.5 Å². The van der Waals surface area contributed by atoms with Crippen LogP contribution in [0.25, 0.3) is 0 Å². The Morgan fingerprint density at radius 1 is 1.00 bits per heavy atom. The summed E-state index contributed by atoms with van der Waals surface area (Å²) in [6, 6.07) is 12.7. The van der Waals surface area contributed by atoms with Gasteiger partial charge in [-0.3, -0.25) is 0 Å². The average molecular weight is 297 g/mol. The fourth-order valence-corrected chi connectivity index (χ4v) is 2.14. The highest BCUT2D eigenvalue weighted by Gasteiger charge is 2.11. The van der Waals surface area contributed by atoms with Gasteiger partial charge in [0.25, 0.3) is 0 Å². The third-order valence-corrected chi connectivity index (χ3v) is 3.60. The fourth-order valence-electron chi connectivity index (χ4n) is 1.84. The van der Waals surface area contributed by atoms with E-state index in [1.54, 1.807) is 25.3 Å². The summed E-state index contributed by atoms with van der Waals surface area (Å²) in [5.74, 6) is 0. The molecule has 1 N–H and O–H groups in total. The summed E-state index contributed by atoms with van der Waals surface area (Å²) in [6.45, 7) is 0.559. The Bertz CT molecular complexity index is 553. The van der Waals surface area contributed by atoms with Crippen LogP contribution in [0.3, 0.4) is 0 Å². The van der Waals surface area contributed by atoms with Crippen LogP contribution < -0.4 is 0 Å². The van der Waals surface area contributed by atoms with Crippen molar-refractivity contribution in [1.82, 2.24) is 0 Å². The zero-order valence-corrected chi connectivity index (χ0v) is 11.9. The second kappa shape index (κ2) is 6.40. The minimum absolute atomic E-state index is 0.439. The molecule has 0 aliphatic carbocycles. The minimum atomic E-state index is -0.716. The molecule has 100 valence electrons. The van der Waals surface area contributed by atoms with Gasteiger partial charge in [0.05, 0.1) is 16.7 Å². The highest BCUT2D eigenvalue weighted by Crippen LogP contribution is 2.28. The summed E-state index contributed by atoms with van der Waals surface area (Å²) >= 11 is 11.8. The molecule has 1 atom stereocenters. The number of ether oxygens (including phenoxy) is 1. The van der Waals surface area contributed by atoms with Crippen LogP contribution in [0.2, 0.25) is 10.0 Å². The van der Waals surface area contributed by atoms with Gasteiger partial charge in [-0.15, -0.1) is 0 Å². The molecule has 0 aliphatic heterocycles. The van der Waals surface area contributed by atoms with E-state index in [-0.39, 0.29) is 0 Å². The van der Waals surface area contributed by atoms with Crippen LogP contribution in [-0.2, 0) is 11.3 Å². The van der Waals surface area contributed by atoms with Gasteiger partial charge in [-0.2, -0.15) is 0 Å². The van der Waals surface area contributed by atoms with E-state index in [4.69, 9.17) is 27.9 Å². The van der Waals surface area contributed by atoms with Gasteiger partial charge in [-0.1, -0.05) is 53.5 Å². The lowest BCUT2D eigenvalue weighted by Gasteiger charge is -2.13. The molecule has 2 rings (SSSR count). The summed E-state index contributed by atoms with van der Waals surface area (Å²) in [5.41, 5.74) is 2.58. The van der Waals surface area contributed by atoms with Crippen molar-refractivity contribution in [3.8, 4) is 0 Å². The second-order valence-electron chi connectivity index (χ2n) is 4.25. The molecule has 2 aromatic carbocycles. The zero-order chi connectivity index (χ0) is 13.8. The van der Waals surface area contributed by atoms with E-state index in [0.717, 1.165) is 11.1 Å². The van der Waals surface area contributed by atoms with Crippen molar-refractivity contribution in [1.29, 1.82) is 0 Å². The van der Waals surface area contributed by atoms with Gasteiger partial charge < -0.3 is 9.84 Å². The molecular formula is C15H14Cl2O2. The standard InChI is InChI=1S/C15H14Cl2O2/c1-19-9-10-2-4-11(5-3-10)15(18)12-6-7-13(16)14(17)8-12/h2-8,15,18H,9H2,1H3. The monoisotopic (exact) mass is 296 g/mol.